The Morgan fingerprint density at radius 3 is 3.55 bits per heavy atom. The number of likely N-dealkylation sites (N-methyl/N-ethyl adjacent to an activating group) is 1. The van der Waals surface area contributed by atoms with Gasteiger partial charge < -0.3 is 9.88 Å². The molecular formula is C7H12N4. The Labute approximate surface area is 65.6 Å². The fourth-order valence-corrected chi connectivity index (χ4v) is 1.34. The van der Waals surface area contributed by atoms with E-state index in [1.807, 2.05) is 19.4 Å². The first-order valence-electron chi connectivity index (χ1n) is 3.81. The standard InChI is InChI=1S/C7H12N4/c1-8-6-5-11-3-2-9-7(11)4-10-6/h2-3,6,8,10H,4-5H2,1H3. The lowest BCUT2D eigenvalue weighted by atomic mass is 10.3. The van der Waals surface area contributed by atoms with E-state index >= 15 is 0 Å². The largest absolute Gasteiger partial charge is 0.331 e. The van der Waals surface area contributed by atoms with E-state index in [0.717, 1.165) is 18.9 Å². The lowest BCUT2D eigenvalue weighted by Crippen LogP contribution is -2.46. The van der Waals surface area contributed by atoms with Crippen molar-refractivity contribution in [3.63, 3.8) is 0 Å². The van der Waals surface area contributed by atoms with Crippen LogP contribution in [0.5, 0.6) is 0 Å². The molecule has 0 saturated heterocycles. The zero-order valence-corrected chi connectivity index (χ0v) is 6.54. The number of aromatic nitrogens is 2. The zero-order chi connectivity index (χ0) is 7.68. The Morgan fingerprint density at radius 1 is 1.82 bits per heavy atom. The molecule has 0 fully saturated rings. The molecule has 11 heavy (non-hydrogen) atoms. The summed E-state index contributed by atoms with van der Waals surface area (Å²) in [7, 11) is 1.96. The third kappa shape index (κ3) is 1.15. The van der Waals surface area contributed by atoms with Crippen molar-refractivity contribution in [3.05, 3.63) is 18.2 Å². The Morgan fingerprint density at radius 2 is 2.73 bits per heavy atom. The Bertz CT molecular complexity index is 242. The van der Waals surface area contributed by atoms with Crippen LogP contribution >= 0.6 is 0 Å². The molecular weight excluding hydrogens is 140 g/mol. The summed E-state index contributed by atoms with van der Waals surface area (Å²) in [6, 6.07) is 0. The molecule has 1 unspecified atom stereocenters. The summed E-state index contributed by atoms with van der Waals surface area (Å²) in [6.45, 7) is 1.82. The van der Waals surface area contributed by atoms with E-state index in [0.29, 0.717) is 6.17 Å². The first-order chi connectivity index (χ1) is 5.40. The monoisotopic (exact) mass is 152 g/mol. The number of fused-ring (bicyclic) bond motifs is 1. The highest BCUT2D eigenvalue weighted by Gasteiger charge is 2.14. The third-order valence-electron chi connectivity index (χ3n) is 2.04. The summed E-state index contributed by atoms with van der Waals surface area (Å²) < 4.78 is 2.16. The highest BCUT2D eigenvalue weighted by Crippen LogP contribution is 2.03. The van der Waals surface area contributed by atoms with Crippen LogP contribution < -0.4 is 10.6 Å². The molecule has 1 aliphatic heterocycles. The van der Waals surface area contributed by atoms with Gasteiger partial charge in [-0.2, -0.15) is 0 Å². The van der Waals surface area contributed by atoms with Crippen molar-refractivity contribution in [2.45, 2.75) is 19.3 Å². The van der Waals surface area contributed by atoms with Gasteiger partial charge in [0.05, 0.1) is 19.3 Å². The molecule has 2 heterocycles. The predicted molar refractivity (Wildman–Crippen MR) is 41.9 cm³/mol. The molecule has 2 N–H and O–H groups in total. The number of nitrogens with zero attached hydrogens (tertiary/aromatic N) is 2. The molecule has 0 spiro atoms. The van der Waals surface area contributed by atoms with Crippen LogP contribution in [0.2, 0.25) is 0 Å². The molecule has 1 aliphatic rings. The fourth-order valence-electron chi connectivity index (χ4n) is 1.34. The number of nitrogens with one attached hydrogen (secondary N) is 2. The van der Waals surface area contributed by atoms with Crippen LogP contribution in [0.25, 0.3) is 0 Å². The van der Waals surface area contributed by atoms with E-state index in [1.165, 1.54) is 0 Å². The highest BCUT2D eigenvalue weighted by atomic mass is 15.2. The average Bonchev–Trinajstić information content (AvgIpc) is 2.50. The number of rotatable bonds is 1. The SMILES string of the molecule is CNC1Cn2ccnc2CN1. The van der Waals surface area contributed by atoms with Crippen LogP contribution in [0.15, 0.2) is 12.4 Å². The molecule has 1 aromatic heterocycles. The predicted octanol–water partition coefficient (Wildman–Crippen LogP) is -0.468. The van der Waals surface area contributed by atoms with Crippen LogP contribution in [0.4, 0.5) is 0 Å². The molecule has 1 aromatic rings. The lowest BCUT2D eigenvalue weighted by molar-refractivity contribution is 0.349. The van der Waals surface area contributed by atoms with Gasteiger partial charge in [-0.3, -0.25) is 5.32 Å². The summed E-state index contributed by atoms with van der Waals surface area (Å²) in [6.07, 6.45) is 4.24. The van der Waals surface area contributed by atoms with Crippen LogP contribution in [-0.2, 0) is 13.1 Å². The number of hydrogen-bond acceptors (Lipinski definition) is 3. The second-order valence-corrected chi connectivity index (χ2v) is 2.72. The van der Waals surface area contributed by atoms with Crippen molar-refractivity contribution < 1.29 is 0 Å². The number of hydrogen-bond donors (Lipinski definition) is 2. The van der Waals surface area contributed by atoms with E-state index in [1.54, 1.807) is 0 Å². The summed E-state index contributed by atoms with van der Waals surface area (Å²) in [4.78, 5) is 4.20. The van der Waals surface area contributed by atoms with E-state index in [4.69, 9.17) is 0 Å². The molecule has 60 valence electrons. The second kappa shape index (κ2) is 2.64. The molecule has 4 nitrogen and oxygen atoms in total. The minimum absolute atomic E-state index is 0.386. The van der Waals surface area contributed by atoms with Gasteiger partial charge in [0.2, 0.25) is 0 Å². The van der Waals surface area contributed by atoms with E-state index in [-0.39, 0.29) is 0 Å². The molecule has 0 radical (unpaired) electrons. The molecule has 0 saturated carbocycles. The van der Waals surface area contributed by atoms with Crippen LogP contribution in [0.1, 0.15) is 5.82 Å². The first-order valence-corrected chi connectivity index (χ1v) is 3.81. The van der Waals surface area contributed by atoms with Crippen molar-refractivity contribution in [2.24, 2.45) is 0 Å². The van der Waals surface area contributed by atoms with Gasteiger partial charge in [0.25, 0.3) is 0 Å². The van der Waals surface area contributed by atoms with Crippen molar-refractivity contribution in [2.75, 3.05) is 7.05 Å². The zero-order valence-electron chi connectivity index (χ0n) is 6.54. The maximum absolute atomic E-state index is 4.20. The van der Waals surface area contributed by atoms with Gasteiger partial charge in [-0.1, -0.05) is 0 Å². The molecule has 2 rings (SSSR count). The van der Waals surface area contributed by atoms with Gasteiger partial charge in [-0.25, -0.2) is 4.98 Å². The van der Waals surface area contributed by atoms with Crippen molar-refractivity contribution in [3.8, 4) is 0 Å². The molecule has 0 amide bonds. The van der Waals surface area contributed by atoms with Gasteiger partial charge in [0.15, 0.2) is 0 Å². The Hall–Kier alpha value is -0.870. The van der Waals surface area contributed by atoms with Crippen molar-refractivity contribution in [1.82, 2.24) is 20.2 Å². The quantitative estimate of drug-likeness (QED) is 0.572. The second-order valence-electron chi connectivity index (χ2n) is 2.72. The molecule has 4 heteroatoms. The maximum atomic E-state index is 4.20. The van der Waals surface area contributed by atoms with Crippen LogP contribution in [0.3, 0.4) is 0 Å². The van der Waals surface area contributed by atoms with E-state index in [2.05, 4.69) is 20.2 Å². The van der Waals surface area contributed by atoms with Crippen LogP contribution in [0, 0.1) is 0 Å². The molecule has 0 aliphatic carbocycles. The average molecular weight is 152 g/mol. The van der Waals surface area contributed by atoms with E-state index in [9.17, 15) is 0 Å². The third-order valence-corrected chi connectivity index (χ3v) is 2.04. The highest BCUT2D eigenvalue weighted by molar-refractivity contribution is 4.96. The molecule has 1 atom stereocenters. The first kappa shape index (κ1) is 6.82. The minimum Gasteiger partial charge on any atom is -0.331 e. The smallest absolute Gasteiger partial charge is 0.122 e. The van der Waals surface area contributed by atoms with Gasteiger partial charge in [-0.05, 0) is 7.05 Å². The normalized spacial score (nSPS) is 23.2. The Balaban J connectivity index is 2.18. The van der Waals surface area contributed by atoms with Gasteiger partial charge in [0, 0.05) is 12.4 Å². The van der Waals surface area contributed by atoms with Crippen molar-refractivity contribution in [1.29, 1.82) is 0 Å². The van der Waals surface area contributed by atoms with Gasteiger partial charge >= 0.3 is 0 Å². The summed E-state index contributed by atoms with van der Waals surface area (Å²) in [5, 5.41) is 6.49. The number of imidazole rings is 1. The van der Waals surface area contributed by atoms with Crippen molar-refractivity contribution >= 4 is 0 Å². The topological polar surface area (TPSA) is 41.9 Å². The van der Waals surface area contributed by atoms with E-state index < -0.39 is 0 Å². The lowest BCUT2D eigenvalue weighted by Gasteiger charge is -2.24. The van der Waals surface area contributed by atoms with Gasteiger partial charge in [-0.15, -0.1) is 0 Å². The Kier molecular flexibility index (Phi) is 1.63. The summed E-state index contributed by atoms with van der Waals surface area (Å²) >= 11 is 0. The fraction of sp³-hybridized carbons (Fsp3) is 0.571. The maximum Gasteiger partial charge on any atom is 0.122 e. The summed E-state index contributed by atoms with van der Waals surface area (Å²) in [5.74, 6) is 1.12. The molecule has 0 bridgehead atoms. The summed E-state index contributed by atoms with van der Waals surface area (Å²) in [5.41, 5.74) is 0. The minimum atomic E-state index is 0.386. The molecule has 0 aromatic carbocycles. The van der Waals surface area contributed by atoms with Crippen LogP contribution in [-0.4, -0.2) is 22.8 Å². The van der Waals surface area contributed by atoms with Gasteiger partial charge in [0.1, 0.15) is 5.82 Å².